The quantitative estimate of drug-likeness (QED) is 0.586. The zero-order valence-electron chi connectivity index (χ0n) is 13.6. The number of amides is 2. The van der Waals surface area contributed by atoms with E-state index in [2.05, 4.69) is 0 Å². The minimum atomic E-state index is -0.587. The van der Waals surface area contributed by atoms with Crippen molar-refractivity contribution in [3.05, 3.63) is 75.8 Å². The summed E-state index contributed by atoms with van der Waals surface area (Å²) in [5.74, 6) is -1.01. The predicted octanol–water partition coefficient (Wildman–Crippen LogP) is 2.16. The van der Waals surface area contributed by atoms with Gasteiger partial charge in [0, 0.05) is 25.6 Å². The average Bonchev–Trinajstić information content (AvgIpc) is 2.62. The highest BCUT2D eigenvalue weighted by atomic mass is 16.6. The van der Waals surface area contributed by atoms with Gasteiger partial charge in [0.05, 0.1) is 4.92 Å². The Morgan fingerprint density at radius 2 is 1.64 bits per heavy atom. The number of hydrogen-bond donors (Lipinski definition) is 1. The lowest BCUT2D eigenvalue weighted by atomic mass is 10.1. The topological polar surface area (TPSA) is 107 Å². The Labute approximate surface area is 145 Å². The molecule has 2 aromatic rings. The van der Waals surface area contributed by atoms with Gasteiger partial charge >= 0.3 is 0 Å². The molecule has 0 bridgehead atoms. The smallest absolute Gasteiger partial charge is 0.282 e. The molecule has 0 saturated carbocycles. The summed E-state index contributed by atoms with van der Waals surface area (Å²) >= 11 is 0. The molecular formula is C18H19N3O4. The molecule has 2 aromatic carbocycles. The van der Waals surface area contributed by atoms with E-state index in [1.54, 1.807) is 6.07 Å². The van der Waals surface area contributed by atoms with Crippen molar-refractivity contribution in [1.29, 1.82) is 0 Å². The summed E-state index contributed by atoms with van der Waals surface area (Å²) < 4.78 is 0. The van der Waals surface area contributed by atoms with Gasteiger partial charge in [0.1, 0.15) is 5.56 Å². The van der Waals surface area contributed by atoms with Gasteiger partial charge in [0.15, 0.2) is 0 Å². The maximum atomic E-state index is 12.8. The SMILES string of the molecule is NC(=O)CCN(CCc1ccccc1)C(=O)c1ccccc1[N+](=O)[O-]. The summed E-state index contributed by atoms with van der Waals surface area (Å²) in [6, 6.07) is 15.3. The summed E-state index contributed by atoms with van der Waals surface area (Å²) in [6.45, 7) is 0.454. The zero-order chi connectivity index (χ0) is 18.2. The van der Waals surface area contributed by atoms with Crippen molar-refractivity contribution in [2.75, 3.05) is 13.1 Å². The first-order chi connectivity index (χ1) is 12.0. The van der Waals surface area contributed by atoms with Crippen LogP contribution in [0.4, 0.5) is 5.69 Å². The molecule has 0 aliphatic heterocycles. The van der Waals surface area contributed by atoms with Crippen molar-refractivity contribution in [3.8, 4) is 0 Å². The first kappa shape index (κ1) is 18.1. The molecule has 0 saturated heterocycles. The second kappa shape index (κ2) is 8.58. The van der Waals surface area contributed by atoms with Crippen molar-refractivity contribution in [2.24, 2.45) is 5.73 Å². The van der Waals surface area contributed by atoms with Crippen molar-refractivity contribution in [1.82, 2.24) is 4.90 Å². The lowest BCUT2D eigenvalue weighted by Gasteiger charge is -2.22. The molecule has 7 nitrogen and oxygen atoms in total. The number of nitrogens with two attached hydrogens (primary N) is 1. The number of nitro groups is 1. The average molecular weight is 341 g/mol. The van der Waals surface area contributed by atoms with E-state index in [0.29, 0.717) is 13.0 Å². The molecule has 2 rings (SSSR count). The first-order valence-electron chi connectivity index (χ1n) is 7.84. The molecule has 0 heterocycles. The van der Waals surface area contributed by atoms with Crippen LogP contribution in [0.25, 0.3) is 0 Å². The van der Waals surface area contributed by atoms with E-state index in [1.807, 2.05) is 30.3 Å². The fraction of sp³-hybridized carbons (Fsp3) is 0.222. The van der Waals surface area contributed by atoms with E-state index in [9.17, 15) is 19.7 Å². The largest absolute Gasteiger partial charge is 0.370 e. The van der Waals surface area contributed by atoms with Crippen molar-refractivity contribution < 1.29 is 14.5 Å². The Morgan fingerprint density at radius 1 is 1.00 bits per heavy atom. The van der Waals surface area contributed by atoms with Gasteiger partial charge in [-0.15, -0.1) is 0 Å². The summed E-state index contributed by atoms with van der Waals surface area (Å²) in [4.78, 5) is 35.9. The highest BCUT2D eigenvalue weighted by molar-refractivity contribution is 5.98. The standard InChI is InChI=1S/C18H19N3O4/c19-17(22)11-13-20(12-10-14-6-2-1-3-7-14)18(23)15-8-4-5-9-16(15)21(24)25/h1-9H,10-13H2,(H2,19,22). The van der Waals surface area contributed by atoms with Crippen LogP contribution in [-0.2, 0) is 11.2 Å². The van der Waals surface area contributed by atoms with E-state index >= 15 is 0 Å². The number of carbonyl (C=O) groups excluding carboxylic acids is 2. The normalized spacial score (nSPS) is 10.2. The Morgan fingerprint density at radius 3 is 2.28 bits per heavy atom. The Hall–Kier alpha value is -3.22. The van der Waals surface area contributed by atoms with Crippen LogP contribution in [-0.4, -0.2) is 34.7 Å². The van der Waals surface area contributed by atoms with Gasteiger partial charge in [0.25, 0.3) is 11.6 Å². The molecule has 0 aromatic heterocycles. The molecule has 0 atom stereocenters. The van der Waals surface area contributed by atoms with Crippen LogP contribution in [0.3, 0.4) is 0 Å². The van der Waals surface area contributed by atoms with E-state index in [-0.39, 0.29) is 24.2 Å². The highest BCUT2D eigenvalue weighted by Gasteiger charge is 2.24. The number of nitrogens with zero attached hydrogens (tertiary/aromatic N) is 2. The molecule has 0 unspecified atom stereocenters. The van der Waals surface area contributed by atoms with Crippen molar-refractivity contribution >= 4 is 17.5 Å². The number of carbonyl (C=O) groups is 2. The molecule has 0 spiro atoms. The van der Waals surface area contributed by atoms with Crippen LogP contribution in [0.5, 0.6) is 0 Å². The number of nitro benzene ring substituents is 1. The number of primary amides is 1. The predicted molar refractivity (Wildman–Crippen MR) is 93.0 cm³/mol. The van der Waals surface area contributed by atoms with Gasteiger partial charge in [-0.2, -0.15) is 0 Å². The lowest BCUT2D eigenvalue weighted by Crippen LogP contribution is -2.36. The second-order valence-corrected chi connectivity index (χ2v) is 5.52. The lowest BCUT2D eigenvalue weighted by molar-refractivity contribution is -0.385. The van der Waals surface area contributed by atoms with Crippen LogP contribution in [0.15, 0.2) is 54.6 Å². The van der Waals surface area contributed by atoms with Crippen LogP contribution in [0.2, 0.25) is 0 Å². The number of rotatable bonds is 8. The van der Waals surface area contributed by atoms with Gasteiger partial charge in [0.2, 0.25) is 5.91 Å². The molecular weight excluding hydrogens is 322 g/mol. The second-order valence-electron chi connectivity index (χ2n) is 5.52. The number of para-hydroxylation sites is 1. The summed E-state index contributed by atoms with van der Waals surface area (Å²) in [7, 11) is 0. The van der Waals surface area contributed by atoms with Gasteiger partial charge in [-0.3, -0.25) is 19.7 Å². The molecule has 0 aliphatic carbocycles. The minimum Gasteiger partial charge on any atom is -0.370 e. The summed E-state index contributed by atoms with van der Waals surface area (Å²) in [6.07, 6.45) is 0.577. The highest BCUT2D eigenvalue weighted by Crippen LogP contribution is 2.20. The van der Waals surface area contributed by atoms with Gasteiger partial charge in [-0.05, 0) is 18.1 Å². The number of benzene rings is 2. The number of hydrogen-bond acceptors (Lipinski definition) is 4. The first-order valence-corrected chi connectivity index (χ1v) is 7.84. The molecule has 7 heteroatoms. The van der Waals surface area contributed by atoms with Crippen LogP contribution < -0.4 is 5.73 Å². The summed E-state index contributed by atoms with van der Waals surface area (Å²) in [5, 5.41) is 11.2. The monoisotopic (exact) mass is 341 g/mol. The van der Waals surface area contributed by atoms with Crippen LogP contribution in [0, 0.1) is 10.1 Å². The summed E-state index contributed by atoms with van der Waals surface area (Å²) in [5.41, 5.74) is 5.96. The van der Waals surface area contributed by atoms with Crippen molar-refractivity contribution in [3.63, 3.8) is 0 Å². The molecule has 2 amide bonds. The maximum absolute atomic E-state index is 12.8. The maximum Gasteiger partial charge on any atom is 0.282 e. The van der Waals surface area contributed by atoms with E-state index in [0.717, 1.165) is 5.56 Å². The third-order valence-corrected chi connectivity index (χ3v) is 3.76. The zero-order valence-corrected chi connectivity index (χ0v) is 13.6. The molecule has 2 N–H and O–H groups in total. The molecule has 0 radical (unpaired) electrons. The fourth-order valence-corrected chi connectivity index (χ4v) is 2.45. The Kier molecular flexibility index (Phi) is 6.22. The van der Waals surface area contributed by atoms with Gasteiger partial charge in [-0.25, -0.2) is 0 Å². The Balaban J connectivity index is 2.20. The van der Waals surface area contributed by atoms with Gasteiger partial charge in [-0.1, -0.05) is 42.5 Å². The third-order valence-electron chi connectivity index (χ3n) is 3.76. The molecule has 25 heavy (non-hydrogen) atoms. The molecule has 130 valence electrons. The van der Waals surface area contributed by atoms with E-state index in [4.69, 9.17) is 5.73 Å². The van der Waals surface area contributed by atoms with Crippen molar-refractivity contribution in [2.45, 2.75) is 12.8 Å². The molecule has 0 fully saturated rings. The fourth-order valence-electron chi connectivity index (χ4n) is 2.45. The van der Waals surface area contributed by atoms with E-state index < -0.39 is 16.7 Å². The van der Waals surface area contributed by atoms with E-state index in [1.165, 1.54) is 23.1 Å². The molecule has 0 aliphatic rings. The third kappa shape index (κ3) is 5.13. The Bertz CT molecular complexity index is 762. The van der Waals surface area contributed by atoms with Crippen LogP contribution in [0.1, 0.15) is 22.3 Å². The van der Waals surface area contributed by atoms with Gasteiger partial charge < -0.3 is 10.6 Å². The minimum absolute atomic E-state index is 0.00115. The van der Waals surface area contributed by atoms with Crippen LogP contribution >= 0.6 is 0 Å².